The summed E-state index contributed by atoms with van der Waals surface area (Å²) in [5.74, 6) is 0. The summed E-state index contributed by atoms with van der Waals surface area (Å²) in [7, 11) is 0. The lowest BCUT2D eigenvalue weighted by Crippen LogP contribution is -1.97. The third-order valence-electron chi connectivity index (χ3n) is 8.17. The molecule has 0 bridgehead atoms. The number of fused-ring (bicyclic) bond motifs is 3. The maximum atomic E-state index is 10.1. The van der Waals surface area contributed by atoms with Crippen molar-refractivity contribution in [3.05, 3.63) is 150 Å². The Kier molecular flexibility index (Phi) is 6.62. The fourth-order valence-electron chi connectivity index (χ4n) is 6.22. The lowest BCUT2D eigenvalue weighted by molar-refractivity contribution is 1.18. The number of nitrogens with zero attached hydrogens (tertiary/aromatic N) is 5. The van der Waals surface area contributed by atoms with Crippen LogP contribution in [0.15, 0.2) is 127 Å². The van der Waals surface area contributed by atoms with Crippen LogP contribution in [-0.2, 0) is 0 Å². The zero-order valence-corrected chi connectivity index (χ0v) is 23.9. The van der Waals surface area contributed by atoms with Crippen molar-refractivity contribution in [2.45, 2.75) is 0 Å². The largest absolute Gasteiger partial charge is 0.309 e. The number of rotatable bonds is 4. The number of hydrogen-bond acceptors (Lipinski definition) is 4. The average Bonchev–Trinajstić information content (AvgIpc) is 3.43. The molecule has 0 saturated carbocycles. The first-order valence-corrected chi connectivity index (χ1v) is 14.3. The Morgan fingerprint density at radius 2 is 0.933 bits per heavy atom. The predicted molar refractivity (Wildman–Crippen MR) is 176 cm³/mol. The van der Waals surface area contributed by atoms with E-state index < -0.39 is 0 Å². The summed E-state index contributed by atoms with van der Waals surface area (Å²) in [6.45, 7) is 0. The lowest BCUT2D eigenvalue weighted by atomic mass is 9.88. The first-order valence-electron chi connectivity index (χ1n) is 14.3. The van der Waals surface area contributed by atoms with Crippen molar-refractivity contribution >= 4 is 21.8 Å². The van der Waals surface area contributed by atoms with E-state index in [1.165, 1.54) is 0 Å². The fourth-order valence-corrected chi connectivity index (χ4v) is 6.22. The first-order chi connectivity index (χ1) is 22.2. The molecular weight excluding hydrogens is 550 g/mol. The van der Waals surface area contributed by atoms with Crippen LogP contribution in [0.2, 0.25) is 0 Å². The average molecular weight is 572 g/mol. The molecule has 0 amide bonds. The van der Waals surface area contributed by atoms with Crippen molar-refractivity contribution in [1.29, 1.82) is 21.0 Å². The standard InChI is InChI=1S/C40H21N5/c41-22-28-11-7-12-29(23-42)39(28)27-17-18-33-35-20-34(26-9-3-1-4-10-26)36(40-30(24-43)13-8-14-31(40)25-44)21-38(35)45(37(33)19-27)32-15-5-2-6-16-32/h1-21H. The minimum atomic E-state index is 0.424. The lowest BCUT2D eigenvalue weighted by Gasteiger charge is -2.15. The fraction of sp³-hybridized carbons (Fsp3) is 0. The molecule has 0 aliphatic heterocycles. The number of nitriles is 4. The molecule has 6 aromatic carbocycles. The van der Waals surface area contributed by atoms with Gasteiger partial charge in [0, 0.05) is 27.6 Å². The monoisotopic (exact) mass is 571 g/mol. The molecular formula is C40H21N5. The Morgan fingerprint density at radius 3 is 1.51 bits per heavy atom. The Balaban J connectivity index is 1.65. The summed E-state index contributed by atoms with van der Waals surface area (Å²) < 4.78 is 2.16. The molecule has 45 heavy (non-hydrogen) atoms. The third-order valence-corrected chi connectivity index (χ3v) is 8.17. The molecule has 0 spiro atoms. The van der Waals surface area contributed by atoms with Gasteiger partial charge in [-0.15, -0.1) is 0 Å². The van der Waals surface area contributed by atoms with E-state index in [9.17, 15) is 21.0 Å². The van der Waals surface area contributed by atoms with Crippen molar-refractivity contribution in [2.24, 2.45) is 0 Å². The van der Waals surface area contributed by atoms with Crippen molar-refractivity contribution in [1.82, 2.24) is 4.57 Å². The van der Waals surface area contributed by atoms with E-state index in [4.69, 9.17) is 0 Å². The molecule has 0 unspecified atom stereocenters. The van der Waals surface area contributed by atoms with Crippen molar-refractivity contribution in [3.8, 4) is 63.3 Å². The van der Waals surface area contributed by atoms with E-state index in [-0.39, 0.29) is 0 Å². The number of benzene rings is 6. The molecule has 0 atom stereocenters. The van der Waals surface area contributed by atoms with E-state index in [0.29, 0.717) is 33.4 Å². The molecule has 1 aromatic heterocycles. The van der Waals surface area contributed by atoms with Crippen molar-refractivity contribution in [3.63, 3.8) is 0 Å². The second-order valence-electron chi connectivity index (χ2n) is 10.6. The van der Waals surface area contributed by atoms with Crippen LogP contribution in [0.1, 0.15) is 22.3 Å². The van der Waals surface area contributed by atoms with Gasteiger partial charge in [-0.1, -0.05) is 72.8 Å². The van der Waals surface area contributed by atoms with Gasteiger partial charge in [0.1, 0.15) is 0 Å². The SMILES string of the molecule is N#Cc1cccc(C#N)c1-c1ccc2c3cc(-c4ccccc4)c(-c4c(C#N)cccc4C#N)cc3n(-c3ccccc3)c2c1. The van der Waals surface area contributed by atoms with Crippen LogP contribution < -0.4 is 0 Å². The second-order valence-corrected chi connectivity index (χ2v) is 10.6. The highest BCUT2D eigenvalue weighted by molar-refractivity contribution is 6.13. The highest BCUT2D eigenvalue weighted by Crippen LogP contribution is 2.43. The third kappa shape index (κ3) is 4.38. The van der Waals surface area contributed by atoms with E-state index in [0.717, 1.165) is 49.7 Å². The highest BCUT2D eigenvalue weighted by atomic mass is 15.0. The molecule has 5 nitrogen and oxygen atoms in total. The zero-order chi connectivity index (χ0) is 30.9. The van der Waals surface area contributed by atoms with Gasteiger partial charge in [-0.25, -0.2) is 0 Å². The van der Waals surface area contributed by atoms with Crippen LogP contribution in [0.5, 0.6) is 0 Å². The smallest absolute Gasteiger partial charge is 0.0998 e. The maximum Gasteiger partial charge on any atom is 0.0998 e. The molecule has 0 saturated heterocycles. The van der Waals surface area contributed by atoms with E-state index in [1.54, 1.807) is 36.4 Å². The summed E-state index contributed by atoms with van der Waals surface area (Å²) in [6.07, 6.45) is 0. The summed E-state index contributed by atoms with van der Waals surface area (Å²) in [5, 5.41) is 42.1. The summed E-state index contributed by atoms with van der Waals surface area (Å²) in [4.78, 5) is 0. The van der Waals surface area contributed by atoms with Gasteiger partial charge in [0.05, 0.1) is 57.6 Å². The quantitative estimate of drug-likeness (QED) is 0.210. The number of para-hydroxylation sites is 1. The van der Waals surface area contributed by atoms with Gasteiger partial charge in [-0.2, -0.15) is 21.0 Å². The minimum absolute atomic E-state index is 0.424. The summed E-state index contributed by atoms with van der Waals surface area (Å²) >= 11 is 0. The molecule has 1 heterocycles. The van der Waals surface area contributed by atoms with E-state index in [2.05, 4.69) is 41.0 Å². The summed E-state index contributed by atoms with van der Waals surface area (Å²) in [5.41, 5.74) is 9.04. The van der Waals surface area contributed by atoms with Gasteiger partial charge in [-0.3, -0.25) is 0 Å². The molecule has 0 fully saturated rings. The topological polar surface area (TPSA) is 100 Å². The molecule has 7 aromatic rings. The van der Waals surface area contributed by atoms with Crippen LogP contribution in [0.4, 0.5) is 0 Å². The van der Waals surface area contributed by atoms with Crippen LogP contribution in [0.3, 0.4) is 0 Å². The van der Waals surface area contributed by atoms with Crippen LogP contribution in [-0.4, -0.2) is 4.57 Å². The molecule has 0 aliphatic rings. The summed E-state index contributed by atoms with van der Waals surface area (Å²) in [6, 6.07) is 49.7. The van der Waals surface area contributed by atoms with Gasteiger partial charge in [-0.05, 0) is 76.9 Å². The van der Waals surface area contributed by atoms with Crippen LogP contribution in [0, 0.1) is 45.3 Å². The van der Waals surface area contributed by atoms with Crippen LogP contribution >= 0.6 is 0 Å². The Morgan fingerprint density at radius 1 is 0.400 bits per heavy atom. The van der Waals surface area contributed by atoms with Gasteiger partial charge in [0.25, 0.3) is 0 Å². The zero-order valence-electron chi connectivity index (χ0n) is 23.9. The molecule has 7 rings (SSSR count). The molecule has 0 radical (unpaired) electrons. The number of aromatic nitrogens is 1. The Bertz CT molecular complexity index is 2400. The molecule has 5 heteroatoms. The van der Waals surface area contributed by atoms with Crippen molar-refractivity contribution in [2.75, 3.05) is 0 Å². The first kappa shape index (κ1) is 26.9. The molecule has 206 valence electrons. The van der Waals surface area contributed by atoms with Crippen molar-refractivity contribution < 1.29 is 0 Å². The minimum Gasteiger partial charge on any atom is -0.309 e. The maximum absolute atomic E-state index is 10.1. The number of hydrogen-bond donors (Lipinski definition) is 0. The second kappa shape index (κ2) is 11.1. The van der Waals surface area contributed by atoms with E-state index >= 15 is 0 Å². The van der Waals surface area contributed by atoms with Gasteiger partial charge in [0.2, 0.25) is 0 Å². The molecule has 0 aliphatic carbocycles. The Labute approximate surface area is 259 Å². The predicted octanol–water partition coefficient (Wildman–Crippen LogP) is 9.27. The van der Waals surface area contributed by atoms with Gasteiger partial charge >= 0.3 is 0 Å². The van der Waals surface area contributed by atoms with E-state index in [1.807, 2.05) is 78.9 Å². The van der Waals surface area contributed by atoms with Gasteiger partial charge < -0.3 is 4.57 Å². The normalized spacial score (nSPS) is 10.6. The van der Waals surface area contributed by atoms with Crippen LogP contribution in [0.25, 0.3) is 60.9 Å². The highest BCUT2D eigenvalue weighted by Gasteiger charge is 2.22. The molecule has 0 N–H and O–H groups in total. The Hall–Kier alpha value is -6.92. The van der Waals surface area contributed by atoms with Gasteiger partial charge in [0.15, 0.2) is 0 Å².